The van der Waals surface area contributed by atoms with Crippen molar-refractivity contribution in [2.24, 2.45) is 11.8 Å². The number of amides is 4. The molecule has 0 bridgehead atoms. The van der Waals surface area contributed by atoms with Gasteiger partial charge in [0.05, 0.1) is 6.42 Å². The highest BCUT2D eigenvalue weighted by molar-refractivity contribution is 5.99. The summed E-state index contributed by atoms with van der Waals surface area (Å²) in [6.45, 7) is 15.2. The first-order chi connectivity index (χ1) is 22.6. The Morgan fingerprint density at radius 3 is 1.40 bits per heavy atom. The van der Waals surface area contributed by atoms with E-state index in [4.69, 9.17) is 9.47 Å². The van der Waals surface area contributed by atoms with Gasteiger partial charge in [0.1, 0.15) is 30.3 Å². The lowest BCUT2D eigenvalue weighted by Gasteiger charge is -2.51. The molecule has 1 aliphatic heterocycles. The van der Waals surface area contributed by atoms with Crippen LogP contribution in [0.4, 0.5) is 0 Å². The molecule has 0 spiro atoms. The van der Waals surface area contributed by atoms with Crippen LogP contribution >= 0.6 is 0 Å². The minimum absolute atomic E-state index is 0. The number of carbonyl (C=O) groups is 7. The Hall–Kier alpha value is -3.63. The fourth-order valence-corrected chi connectivity index (χ4v) is 5.86. The Bertz CT molecular complexity index is 1170. The van der Waals surface area contributed by atoms with Crippen LogP contribution in [0.3, 0.4) is 0 Å². The van der Waals surface area contributed by atoms with E-state index in [-0.39, 0.29) is 115 Å². The van der Waals surface area contributed by atoms with Crippen molar-refractivity contribution in [2.75, 3.05) is 20.4 Å². The smallest absolute Gasteiger partial charge is 0.331 e. The van der Waals surface area contributed by atoms with E-state index in [1.165, 1.54) is 12.0 Å². The van der Waals surface area contributed by atoms with Crippen molar-refractivity contribution in [1.29, 1.82) is 0 Å². The number of Topliss-reactive ketones (excluding diaryl/α,β-unsaturated/α-hetero) is 1. The number of likely N-dealkylation sites (N-methyl/N-ethyl adjacent to an activating group) is 1. The first kappa shape index (κ1) is 71.1. The van der Waals surface area contributed by atoms with Crippen LogP contribution in [0, 0.1) is 11.8 Å². The van der Waals surface area contributed by atoms with Crippen LogP contribution in [0.1, 0.15) is 160 Å². The first-order valence-electron chi connectivity index (χ1n) is 16.7. The lowest BCUT2D eigenvalue weighted by molar-refractivity contribution is -0.246. The molecule has 57 heavy (non-hydrogen) atoms. The molecule has 0 aromatic carbocycles. The number of hydrogen-bond acceptors (Lipinski definition) is 12. The number of carbonyl (C=O) groups excluding carboxylic acids is 7. The van der Waals surface area contributed by atoms with Crippen LogP contribution in [0.15, 0.2) is 0 Å². The standard InChI is InChI=1S/C33H58N6O10.8CH4/c1-19(2)11-23(37-27(42)13-21(5)40)30(45)48-18-49-31(46)24(12-20(3)4)38-28(43)14-26(41)35-17-25(34-10)29(44)36-22-15-32(6,7)39(47)33(8,9)16-22;;;;;;;;/h19-20,22-25,34,47H,11-18H2,1-10H3,(H,35,41)(H,36,44)(H,37,42)(H,38,43);8*1H4. The van der Waals surface area contributed by atoms with Gasteiger partial charge in [0, 0.05) is 23.7 Å². The summed E-state index contributed by atoms with van der Waals surface area (Å²) in [6.07, 6.45) is 0.419. The number of hydroxylamine groups is 2. The number of nitrogens with zero attached hydrogens (tertiary/aromatic N) is 1. The highest BCUT2D eigenvalue weighted by Crippen LogP contribution is 2.36. The molecule has 1 saturated heterocycles. The Balaban J connectivity index is -0.000000500. The maximum atomic E-state index is 13.0. The van der Waals surface area contributed by atoms with E-state index in [1.807, 2.05) is 55.4 Å². The number of ether oxygens (including phenoxy) is 2. The molecule has 16 heteroatoms. The number of piperidine rings is 1. The monoisotopic (exact) mass is 827 g/mol. The second-order valence-corrected chi connectivity index (χ2v) is 14.8. The van der Waals surface area contributed by atoms with Crippen LogP contribution in [-0.2, 0) is 43.0 Å². The number of esters is 2. The molecule has 1 fully saturated rings. The molecule has 16 nitrogen and oxygen atoms in total. The largest absolute Gasteiger partial charge is 0.426 e. The Labute approximate surface area is 348 Å². The van der Waals surface area contributed by atoms with E-state index in [1.54, 1.807) is 7.05 Å². The SMILES string of the molecule is C.C.C.C.C.C.C.C.CNC(CNC(=O)CC(=O)NC(CC(C)C)C(=O)OCOC(=O)C(CC(C)C)NC(=O)CC(C)=O)C(=O)NC1CC(C)(C)N(O)C(C)(C)C1. The Kier molecular flexibility index (Phi) is 40.3. The van der Waals surface area contributed by atoms with Crippen LogP contribution in [0.5, 0.6) is 0 Å². The van der Waals surface area contributed by atoms with Gasteiger partial charge in [-0.3, -0.25) is 24.0 Å². The van der Waals surface area contributed by atoms with Gasteiger partial charge >= 0.3 is 11.9 Å². The van der Waals surface area contributed by atoms with Gasteiger partial charge in [-0.25, -0.2) is 9.59 Å². The average Bonchev–Trinajstić information content (AvgIpc) is 2.94. The van der Waals surface area contributed by atoms with Gasteiger partial charge in [-0.05, 0) is 79.2 Å². The van der Waals surface area contributed by atoms with Gasteiger partial charge in [-0.15, -0.1) is 0 Å². The molecule has 344 valence electrons. The van der Waals surface area contributed by atoms with E-state index in [2.05, 4.69) is 26.6 Å². The minimum atomic E-state index is -1.14. The van der Waals surface area contributed by atoms with Crippen molar-refractivity contribution >= 4 is 41.4 Å². The average molecular weight is 827 g/mol. The summed E-state index contributed by atoms with van der Waals surface area (Å²) in [7, 11) is 1.57. The zero-order valence-corrected chi connectivity index (χ0v) is 30.7. The second kappa shape index (κ2) is 32.3. The summed E-state index contributed by atoms with van der Waals surface area (Å²) < 4.78 is 10.1. The Morgan fingerprint density at radius 2 is 1.05 bits per heavy atom. The number of ketones is 1. The molecule has 1 aliphatic rings. The highest BCUT2D eigenvalue weighted by atomic mass is 16.7. The van der Waals surface area contributed by atoms with Gasteiger partial charge in [-0.2, -0.15) is 5.06 Å². The lowest BCUT2D eigenvalue weighted by Crippen LogP contribution is -2.64. The Morgan fingerprint density at radius 1 is 0.667 bits per heavy atom. The molecule has 3 unspecified atom stereocenters. The van der Waals surface area contributed by atoms with Crippen LogP contribution in [-0.4, -0.2) is 107 Å². The molecule has 3 atom stereocenters. The van der Waals surface area contributed by atoms with E-state index in [9.17, 15) is 38.8 Å². The zero-order chi connectivity index (χ0) is 37.7. The molecule has 4 amide bonds. The van der Waals surface area contributed by atoms with Crippen LogP contribution < -0.4 is 26.6 Å². The quantitative estimate of drug-likeness (QED) is 0.0518. The fraction of sp³-hybridized carbons (Fsp3) is 0.829. The van der Waals surface area contributed by atoms with Crippen LogP contribution in [0.25, 0.3) is 0 Å². The summed E-state index contributed by atoms with van der Waals surface area (Å²) in [4.78, 5) is 87.0. The summed E-state index contributed by atoms with van der Waals surface area (Å²) in [5.74, 6) is -4.57. The van der Waals surface area contributed by atoms with Gasteiger partial charge in [0.25, 0.3) is 0 Å². The molecule has 0 aromatic rings. The van der Waals surface area contributed by atoms with Crippen molar-refractivity contribution < 1.29 is 48.2 Å². The van der Waals surface area contributed by atoms with Gasteiger partial charge in [-0.1, -0.05) is 87.1 Å². The molecular weight excluding hydrogens is 736 g/mol. The first-order valence-corrected chi connectivity index (χ1v) is 16.7. The maximum Gasteiger partial charge on any atom is 0.331 e. The van der Waals surface area contributed by atoms with Gasteiger partial charge < -0.3 is 41.3 Å². The molecule has 0 saturated carbocycles. The number of nitrogens with one attached hydrogen (secondary N) is 5. The zero-order valence-electron chi connectivity index (χ0n) is 30.7. The molecule has 0 radical (unpaired) electrons. The molecule has 6 N–H and O–H groups in total. The van der Waals surface area contributed by atoms with Gasteiger partial charge in [0.2, 0.25) is 30.4 Å². The van der Waals surface area contributed by atoms with E-state index < -0.39 is 72.1 Å². The summed E-state index contributed by atoms with van der Waals surface area (Å²) >= 11 is 0. The lowest BCUT2D eigenvalue weighted by atomic mass is 9.79. The fourth-order valence-electron chi connectivity index (χ4n) is 5.86. The highest BCUT2D eigenvalue weighted by Gasteiger charge is 2.45. The third kappa shape index (κ3) is 26.1. The van der Waals surface area contributed by atoms with Gasteiger partial charge in [0.15, 0.2) is 0 Å². The van der Waals surface area contributed by atoms with Crippen molar-refractivity contribution in [1.82, 2.24) is 31.6 Å². The van der Waals surface area contributed by atoms with Crippen LogP contribution in [0.2, 0.25) is 0 Å². The summed E-state index contributed by atoms with van der Waals surface area (Å²) in [5, 5.41) is 25.2. The van der Waals surface area contributed by atoms with E-state index >= 15 is 0 Å². The second-order valence-electron chi connectivity index (χ2n) is 14.8. The predicted octanol–water partition coefficient (Wildman–Crippen LogP) is 5.78. The maximum absolute atomic E-state index is 13.0. The third-order valence-electron chi connectivity index (χ3n) is 7.94. The van der Waals surface area contributed by atoms with Crippen molar-refractivity contribution in [3.8, 4) is 0 Å². The van der Waals surface area contributed by atoms with Crippen molar-refractivity contribution in [2.45, 2.75) is 195 Å². The van der Waals surface area contributed by atoms with E-state index in [0.717, 1.165) is 0 Å². The molecule has 0 aromatic heterocycles. The number of rotatable bonds is 19. The molecule has 1 heterocycles. The summed E-state index contributed by atoms with van der Waals surface area (Å²) in [6, 6.07) is -3.20. The van der Waals surface area contributed by atoms with Crippen molar-refractivity contribution in [3.63, 3.8) is 0 Å². The van der Waals surface area contributed by atoms with E-state index in [0.29, 0.717) is 12.8 Å². The summed E-state index contributed by atoms with van der Waals surface area (Å²) in [5.41, 5.74) is -1.12. The predicted molar refractivity (Wildman–Crippen MR) is 232 cm³/mol. The topological polar surface area (TPSA) is 222 Å². The van der Waals surface area contributed by atoms with Crippen molar-refractivity contribution in [3.05, 3.63) is 0 Å². The normalized spacial score (nSPS) is 15.2. The molecule has 1 rings (SSSR count). The minimum Gasteiger partial charge on any atom is -0.426 e. The molecular formula is C41H90N6O10. The number of hydrogen-bond donors (Lipinski definition) is 6. The third-order valence-corrected chi connectivity index (χ3v) is 7.94. The molecule has 0 aliphatic carbocycles.